The van der Waals surface area contributed by atoms with Gasteiger partial charge in [-0.25, -0.2) is 4.79 Å². The molecule has 0 aliphatic carbocycles. The van der Waals surface area contributed by atoms with Crippen LogP contribution in [0.25, 0.3) is 0 Å². The fourth-order valence-electron chi connectivity index (χ4n) is 2.18. The maximum absolute atomic E-state index is 12.1. The van der Waals surface area contributed by atoms with E-state index in [1.807, 2.05) is 6.92 Å². The van der Waals surface area contributed by atoms with Gasteiger partial charge in [-0.1, -0.05) is 29.3 Å². The number of ether oxygens (including phenoxy) is 1. The first-order valence-electron chi connectivity index (χ1n) is 6.15. The summed E-state index contributed by atoms with van der Waals surface area (Å²) in [5, 5.41) is 4.61. The van der Waals surface area contributed by atoms with E-state index in [2.05, 4.69) is 5.32 Å². The number of methoxy groups -OCH3 is 1. The molecule has 2 rings (SSSR count). The van der Waals surface area contributed by atoms with Crippen LogP contribution in [0.2, 0.25) is 10.0 Å². The number of hydrogen-bond donors (Lipinski definition) is 1. The van der Waals surface area contributed by atoms with E-state index in [0.717, 1.165) is 11.3 Å². The van der Waals surface area contributed by atoms with Crippen molar-refractivity contribution < 1.29 is 9.53 Å². The number of allylic oxidation sites excluding steroid dienone is 1. The second-order valence-electron chi connectivity index (χ2n) is 4.60. The predicted octanol–water partition coefficient (Wildman–Crippen LogP) is 3.30. The number of nitrogens with one attached hydrogen (secondary N) is 1. The van der Waals surface area contributed by atoms with E-state index >= 15 is 0 Å². The number of carbonyl (C=O) groups excluding carboxylic acids is 1. The van der Waals surface area contributed by atoms with Gasteiger partial charge in [0.1, 0.15) is 0 Å². The van der Waals surface area contributed by atoms with E-state index in [1.165, 1.54) is 7.11 Å². The largest absolute Gasteiger partial charge is 0.466 e. The van der Waals surface area contributed by atoms with Crippen LogP contribution in [0.1, 0.15) is 18.5 Å². The molecule has 1 aromatic carbocycles. The van der Waals surface area contributed by atoms with Gasteiger partial charge in [0, 0.05) is 22.8 Å². The van der Waals surface area contributed by atoms with Crippen LogP contribution in [-0.4, -0.2) is 30.1 Å². The Kier molecular flexibility index (Phi) is 4.76. The fraction of sp³-hybridized carbons (Fsp3) is 0.286. The molecule has 1 heterocycles. The summed E-state index contributed by atoms with van der Waals surface area (Å²) in [5.41, 5.74) is 1.91. The molecule has 0 fully saturated rings. The number of rotatable bonds is 2. The third-order valence-corrected chi connectivity index (χ3v) is 4.39. The Morgan fingerprint density at radius 2 is 2.10 bits per heavy atom. The normalized spacial score (nSPS) is 18.6. The molecule has 0 aromatic heterocycles. The molecule has 0 spiro atoms. The fourth-order valence-corrected chi connectivity index (χ4v) is 2.95. The minimum atomic E-state index is -0.467. The second kappa shape index (κ2) is 6.22. The molecule has 1 N–H and O–H groups in total. The topological polar surface area (TPSA) is 41.6 Å². The van der Waals surface area contributed by atoms with Gasteiger partial charge < -0.3 is 15.0 Å². The predicted molar refractivity (Wildman–Crippen MR) is 87.4 cm³/mol. The van der Waals surface area contributed by atoms with Crippen molar-refractivity contribution in [3.05, 3.63) is 45.1 Å². The van der Waals surface area contributed by atoms with Gasteiger partial charge in [0.05, 0.1) is 18.7 Å². The second-order valence-corrected chi connectivity index (χ2v) is 5.83. The average molecular weight is 345 g/mol. The monoisotopic (exact) mass is 344 g/mol. The van der Waals surface area contributed by atoms with Gasteiger partial charge in [-0.05, 0) is 36.8 Å². The number of thiocarbonyl (C=S) groups is 1. The lowest BCUT2D eigenvalue weighted by Crippen LogP contribution is -2.46. The van der Waals surface area contributed by atoms with Gasteiger partial charge in [-0.15, -0.1) is 0 Å². The van der Waals surface area contributed by atoms with Crippen LogP contribution in [0, 0.1) is 0 Å². The summed E-state index contributed by atoms with van der Waals surface area (Å²) in [6.45, 7) is 1.82. The smallest absolute Gasteiger partial charge is 0.337 e. The van der Waals surface area contributed by atoms with Gasteiger partial charge >= 0.3 is 5.97 Å². The van der Waals surface area contributed by atoms with Crippen LogP contribution in [0.15, 0.2) is 29.5 Å². The van der Waals surface area contributed by atoms with Gasteiger partial charge in [0.25, 0.3) is 0 Å². The number of esters is 1. The standard InChI is InChI=1S/C14H14Cl2N2O2S/c1-7-11(13(19)20-3)12(17-14(21)18(7)2)9-5-4-8(15)6-10(9)16/h4-6,12H,1-3H3,(H,17,21)/t12-/m1/s1. The summed E-state index contributed by atoms with van der Waals surface area (Å²) in [7, 11) is 3.13. The lowest BCUT2D eigenvalue weighted by Gasteiger charge is -2.35. The Balaban J connectivity index is 2.59. The quantitative estimate of drug-likeness (QED) is 0.658. The SMILES string of the molecule is COC(=O)C1=C(C)N(C)C(=S)N[C@@H]1c1ccc(Cl)cc1Cl. The molecule has 112 valence electrons. The van der Waals surface area contributed by atoms with Crippen molar-refractivity contribution in [2.75, 3.05) is 14.2 Å². The number of halogens is 2. The molecule has 0 unspecified atom stereocenters. The zero-order valence-electron chi connectivity index (χ0n) is 11.7. The average Bonchev–Trinajstić information content (AvgIpc) is 2.44. The molecular weight excluding hydrogens is 331 g/mol. The molecule has 1 atom stereocenters. The van der Waals surface area contributed by atoms with E-state index in [9.17, 15) is 4.79 Å². The molecule has 7 heteroatoms. The van der Waals surface area contributed by atoms with Crippen LogP contribution in [0.4, 0.5) is 0 Å². The van der Waals surface area contributed by atoms with Crippen molar-refractivity contribution in [2.45, 2.75) is 13.0 Å². The van der Waals surface area contributed by atoms with Crippen molar-refractivity contribution in [1.29, 1.82) is 0 Å². The lowest BCUT2D eigenvalue weighted by atomic mass is 9.95. The molecule has 0 radical (unpaired) electrons. The van der Waals surface area contributed by atoms with Gasteiger partial charge in [-0.3, -0.25) is 0 Å². The molecule has 4 nitrogen and oxygen atoms in total. The molecule has 0 saturated heterocycles. The van der Waals surface area contributed by atoms with E-state index < -0.39 is 12.0 Å². The Morgan fingerprint density at radius 3 is 2.67 bits per heavy atom. The van der Waals surface area contributed by atoms with E-state index in [4.69, 9.17) is 40.2 Å². The highest BCUT2D eigenvalue weighted by molar-refractivity contribution is 7.80. The summed E-state index contributed by atoms with van der Waals surface area (Å²) < 4.78 is 4.88. The van der Waals surface area contributed by atoms with Gasteiger partial charge in [0.2, 0.25) is 0 Å². The zero-order valence-corrected chi connectivity index (χ0v) is 14.1. The summed E-state index contributed by atoms with van der Waals surface area (Å²) in [6.07, 6.45) is 0. The first kappa shape index (κ1) is 16.1. The Labute approximate surface area is 138 Å². The zero-order chi connectivity index (χ0) is 15.7. The van der Waals surface area contributed by atoms with E-state index in [1.54, 1.807) is 30.1 Å². The highest BCUT2D eigenvalue weighted by Crippen LogP contribution is 2.35. The summed E-state index contributed by atoms with van der Waals surface area (Å²) in [6, 6.07) is 4.65. The molecule has 0 amide bonds. The molecule has 21 heavy (non-hydrogen) atoms. The van der Waals surface area contributed by atoms with Crippen molar-refractivity contribution in [3.63, 3.8) is 0 Å². The lowest BCUT2D eigenvalue weighted by molar-refractivity contribution is -0.136. The van der Waals surface area contributed by atoms with Crippen molar-refractivity contribution in [1.82, 2.24) is 10.2 Å². The summed E-state index contributed by atoms with van der Waals surface area (Å²) in [5.74, 6) is -0.426. The van der Waals surface area contributed by atoms with E-state index in [0.29, 0.717) is 20.7 Å². The molecule has 1 aliphatic rings. The highest BCUT2D eigenvalue weighted by Gasteiger charge is 2.34. The van der Waals surface area contributed by atoms with Crippen molar-refractivity contribution >= 4 is 46.5 Å². The maximum atomic E-state index is 12.1. The highest BCUT2D eigenvalue weighted by atomic mass is 35.5. The van der Waals surface area contributed by atoms with Crippen LogP contribution >= 0.6 is 35.4 Å². The van der Waals surface area contributed by atoms with Crippen molar-refractivity contribution in [3.8, 4) is 0 Å². The molecule has 1 aromatic rings. The summed E-state index contributed by atoms with van der Waals surface area (Å²) >= 11 is 17.5. The molecular formula is C14H14Cl2N2O2S. The molecule has 1 aliphatic heterocycles. The van der Waals surface area contributed by atoms with Crippen LogP contribution < -0.4 is 5.32 Å². The maximum Gasteiger partial charge on any atom is 0.337 e. The van der Waals surface area contributed by atoms with Crippen molar-refractivity contribution in [2.24, 2.45) is 0 Å². The molecule has 0 saturated carbocycles. The van der Waals surface area contributed by atoms with E-state index in [-0.39, 0.29) is 0 Å². The third kappa shape index (κ3) is 3.00. The minimum Gasteiger partial charge on any atom is -0.466 e. The Morgan fingerprint density at radius 1 is 1.43 bits per heavy atom. The van der Waals surface area contributed by atoms with Gasteiger partial charge in [0.15, 0.2) is 5.11 Å². The number of benzene rings is 1. The van der Waals surface area contributed by atoms with Crippen LogP contribution in [-0.2, 0) is 9.53 Å². The van der Waals surface area contributed by atoms with Crippen LogP contribution in [0.5, 0.6) is 0 Å². The van der Waals surface area contributed by atoms with Crippen LogP contribution in [0.3, 0.4) is 0 Å². The Hall–Kier alpha value is -1.30. The number of hydrogen-bond acceptors (Lipinski definition) is 3. The minimum absolute atomic E-state index is 0.426. The third-order valence-electron chi connectivity index (χ3n) is 3.43. The Bertz CT molecular complexity index is 646. The first-order valence-corrected chi connectivity index (χ1v) is 7.31. The number of carbonyl (C=O) groups is 1. The summed E-state index contributed by atoms with van der Waals surface area (Å²) in [4.78, 5) is 13.9. The first-order chi connectivity index (χ1) is 9.86. The van der Waals surface area contributed by atoms with Gasteiger partial charge in [-0.2, -0.15) is 0 Å². The number of nitrogens with zero attached hydrogens (tertiary/aromatic N) is 1. The molecule has 0 bridgehead atoms.